The van der Waals surface area contributed by atoms with E-state index in [2.05, 4.69) is 51.6 Å². The number of carbonyl (C=O) groups excluding carboxylic acids is 2. The van der Waals surface area contributed by atoms with Crippen LogP contribution < -0.4 is 15.5 Å². The number of nitrogens with zero attached hydrogens (tertiary/aromatic N) is 2. The number of urea groups is 1. The Balaban J connectivity index is 1.48. The van der Waals surface area contributed by atoms with Gasteiger partial charge >= 0.3 is 6.03 Å². The highest BCUT2D eigenvalue weighted by atomic mass is 16.2. The van der Waals surface area contributed by atoms with Gasteiger partial charge in [-0.15, -0.1) is 0 Å². The first kappa shape index (κ1) is 16.8. The number of aryl methyl sites for hydroxylation is 1. The number of amides is 3. The van der Waals surface area contributed by atoms with Crippen LogP contribution in [0.2, 0.25) is 0 Å². The number of carbonyl (C=O) groups is 2. The maximum atomic E-state index is 12.2. The van der Waals surface area contributed by atoms with E-state index in [9.17, 15) is 9.59 Å². The van der Waals surface area contributed by atoms with Crippen LogP contribution in [0.3, 0.4) is 0 Å². The summed E-state index contributed by atoms with van der Waals surface area (Å²) in [6, 6.07) is 8.08. The Morgan fingerprint density at radius 2 is 1.88 bits per heavy atom. The van der Waals surface area contributed by atoms with E-state index < -0.39 is 0 Å². The van der Waals surface area contributed by atoms with Crippen LogP contribution in [0.1, 0.15) is 25.3 Å². The highest BCUT2D eigenvalue weighted by molar-refractivity contribution is 5.97. The standard InChI is InChI=1S/C18H26N4O2/c1-13-4-3-5-16(12-13)22-10-8-21(9-11-22)14(2)17(23)20-18(24)19-15-6-7-15/h3-5,12,14-15H,6-11H2,1-2H3,(H2,19,20,23,24). The van der Waals surface area contributed by atoms with Crippen LogP contribution in [0.15, 0.2) is 24.3 Å². The lowest BCUT2D eigenvalue weighted by Gasteiger charge is -2.38. The lowest BCUT2D eigenvalue weighted by Crippen LogP contribution is -2.55. The molecule has 1 atom stereocenters. The van der Waals surface area contributed by atoms with Crippen molar-refractivity contribution in [1.82, 2.24) is 15.5 Å². The molecular formula is C18H26N4O2. The molecule has 0 bridgehead atoms. The van der Waals surface area contributed by atoms with E-state index in [0.717, 1.165) is 39.0 Å². The smallest absolute Gasteiger partial charge is 0.321 e. The fourth-order valence-electron chi connectivity index (χ4n) is 3.02. The highest BCUT2D eigenvalue weighted by Crippen LogP contribution is 2.19. The minimum atomic E-state index is -0.368. The molecular weight excluding hydrogens is 304 g/mol. The molecule has 1 aromatic carbocycles. The van der Waals surface area contributed by atoms with Crippen LogP contribution >= 0.6 is 0 Å². The van der Waals surface area contributed by atoms with Gasteiger partial charge in [0.1, 0.15) is 0 Å². The summed E-state index contributed by atoms with van der Waals surface area (Å²) < 4.78 is 0. The maximum Gasteiger partial charge on any atom is 0.321 e. The van der Waals surface area contributed by atoms with E-state index >= 15 is 0 Å². The molecule has 0 aromatic heterocycles. The summed E-state index contributed by atoms with van der Waals surface area (Å²) in [6.07, 6.45) is 2.02. The largest absolute Gasteiger partial charge is 0.369 e. The number of nitrogens with one attached hydrogen (secondary N) is 2. The van der Waals surface area contributed by atoms with Gasteiger partial charge in [-0.3, -0.25) is 15.0 Å². The average molecular weight is 330 g/mol. The van der Waals surface area contributed by atoms with Crippen LogP contribution in [-0.4, -0.2) is 55.1 Å². The summed E-state index contributed by atoms with van der Waals surface area (Å²) in [5.74, 6) is -0.225. The van der Waals surface area contributed by atoms with Gasteiger partial charge in [0.2, 0.25) is 5.91 Å². The summed E-state index contributed by atoms with van der Waals surface area (Å²) in [6.45, 7) is 7.35. The molecule has 2 aliphatic rings. The molecule has 2 fully saturated rings. The molecule has 130 valence electrons. The molecule has 1 heterocycles. The van der Waals surface area contributed by atoms with Crippen molar-refractivity contribution in [3.63, 3.8) is 0 Å². The Morgan fingerprint density at radius 1 is 1.17 bits per heavy atom. The number of hydrogen-bond acceptors (Lipinski definition) is 4. The molecule has 1 saturated carbocycles. The number of benzene rings is 1. The number of imide groups is 1. The van der Waals surface area contributed by atoms with Gasteiger partial charge < -0.3 is 10.2 Å². The van der Waals surface area contributed by atoms with Crippen LogP contribution in [-0.2, 0) is 4.79 Å². The monoisotopic (exact) mass is 330 g/mol. The first-order valence-electron chi connectivity index (χ1n) is 8.70. The van der Waals surface area contributed by atoms with Crippen molar-refractivity contribution in [2.45, 2.75) is 38.8 Å². The third-order valence-electron chi connectivity index (χ3n) is 4.76. The van der Waals surface area contributed by atoms with Crippen molar-refractivity contribution in [2.24, 2.45) is 0 Å². The third-order valence-corrected chi connectivity index (χ3v) is 4.76. The molecule has 1 unspecified atom stereocenters. The minimum absolute atomic E-state index is 0.225. The number of piperazine rings is 1. The molecule has 1 aliphatic heterocycles. The van der Waals surface area contributed by atoms with Crippen molar-refractivity contribution in [1.29, 1.82) is 0 Å². The van der Waals surface area contributed by atoms with E-state index in [-0.39, 0.29) is 24.0 Å². The molecule has 1 aliphatic carbocycles. The van der Waals surface area contributed by atoms with Crippen LogP contribution in [0.5, 0.6) is 0 Å². The molecule has 6 heteroatoms. The van der Waals surface area contributed by atoms with E-state index in [1.807, 2.05) is 6.92 Å². The van der Waals surface area contributed by atoms with Crippen molar-refractivity contribution >= 4 is 17.6 Å². The zero-order valence-electron chi connectivity index (χ0n) is 14.4. The fourth-order valence-corrected chi connectivity index (χ4v) is 3.02. The second-order valence-corrected chi connectivity index (χ2v) is 6.77. The highest BCUT2D eigenvalue weighted by Gasteiger charge is 2.28. The summed E-state index contributed by atoms with van der Waals surface area (Å²) >= 11 is 0. The molecule has 0 radical (unpaired) electrons. The van der Waals surface area contributed by atoms with Crippen LogP contribution in [0.4, 0.5) is 10.5 Å². The van der Waals surface area contributed by atoms with Crippen molar-refractivity contribution in [3.8, 4) is 0 Å². The Labute approximate surface area is 143 Å². The topological polar surface area (TPSA) is 64.7 Å². The fraction of sp³-hybridized carbons (Fsp3) is 0.556. The first-order chi connectivity index (χ1) is 11.5. The first-order valence-corrected chi connectivity index (χ1v) is 8.70. The lowest BCUT2D eigenvalue weighted by atomic mass is 10.1. The Bertz CT molecular complexity index is 607. The SMILES string of the molecule is Cc1cccc(N2CCN(C(C)C(=O)NC(=O)NC3CC3)CC2)c1. The quantitative estimate of drug-likeness (QED) is 0.878. The maximum absolute atomic E-state index is 12.2. The summed E-state index contributed by atoms with van der Waals surface area (Å²) in [7, 11) is 0. The van der Waals surface area contributed by atoms with Crippen molar-refractivity contribution < 1.29 is 9.59 Å². The molecule has 3 rings (SSSR count). The van der Waals surface area contributed by atoms with Gasteiger partial charge in [0.05, 0.1) is 6.04 Å². The van der Waals surface area contributed by atoms with Gasteiger partial charge in [0.25, 0.3) is 0 Å². The van der Waals surface area contributed by atoms with Gasteiger partial charge in [-0.2, -0.15) is 0 Å². The number of hydrogen-bond donors (Lipinski definition) is 2. The second-order valence-electron chi connectivity index (χ2n) is 6.77. The molecule has 3 amide bonds. The predicted molar refractivity (Wildman–Crippen MR) is 94.1 cm³/mol. The minimum Gasteiger partial charge on any atom is -0.369 e. The summed E-state index contributed by atoms with van der Waals surface area (Å²) in [5, 5.41) is 5.23. The van der Waals surface area contributed by atoms with E-state index in [1.165, 1.54) is 11.3 Å². The molecule has 1 saturated heterocycles. The van der Waals surface area contributed by atoms with Crippen molar-refractivity contribution in [3.05, 3.63) is 29.8 Å². The van der Waals surface area contributed by atoms with E-state index in [0.29, 0.717) is 0 Å². The number of rotatable bonds is 4. The molecule has 2 N–H and O–H groups in total. The molecule has 0 spiro atoms. The van der Waals surface area contributed by atoms with Crippen molar-refractivity contribution in [2.75, 3.05) is 31.1 Å². The van der Waals surface area contributed by atoms with Gasteiger partial charge in [-0.05, 0) is 44.4 Å². The Kier molecular flexibility index (Phi) is 5.04. The van der Waals surface area contributed by atoms with Gasteiger partial charge in [-0.1, -0.05) is 12.1 Å². The third kappa shape index (κ3) is 4.26. The number of anilines is 1. The van der Waals surface area contributed by atoms with E-state index in [1.54, 1.807) is 0 Å². The second kappa shape index (κ2) is 7.21. The Hall–Kier alpha value is -2.08. The predicted octanol–water partition coefficient (Wildman–Crippen LogP) is 1.49. The normalized spacial score (nSPS) is 19.7. The molecule has 1 aromatic rings. The van der Waals surface area contributed by atoms with Gasteiger partial charge in [0, 0.05) is 37.9 Å². The Morgan fingerprint density at radius 3 is 2.50 bits per heavy atom. The lowest BCUT2D eigenvalue weighted by molar-refractivity contribution is -0.124. The van der Waals surface area contributed by atoms with Crippen LogP contribution in [0, 0.1) is 6.92 Å². The summed E-state index contributed by atoms with van der Waals surface area (Å²) in [5.41, 5.74) is 2.49. The molecule has 6 nitrogen and oxygen atoms in total. The summed E-state index contributed by atoms with van der Waals surface area (Å²) in [4.78, 5) is 28.4. The van der Waals surface area contributed by atoms with Gasteiger partial charge in [0.15, 0.2) is 0 Å². The van der Waals surface area contributed by atoms with E-state index in [4.69, 9.17) is 0 Å². The average Bonchev–Trinajstić information content (AvgIpc) is 3.38. The van der Waals surface area contributed by atoms with Gasteiger partial charge in [-0.25, -0.2) is 4.79 Å². The molecule has 24 heavy (non-hydrogen) atoms. The zero-order chi connectivity index (χ0) is 17.1. The van der Waals surface area contributed by atoms with Crippen LogP contribution in [0.25, 0.3) is 0 Å². The zero-order valence-corrected chi connectivity index (χ0v) is 14.4.